The summed E-state index contributed by atoms with van der Waals surface area (Å²) in [7, 11) is 0. The maximum Gasteiger partial charge on any atom is 0.0598 e. The van der Waals surface area contributed by atoms with Crippen LogP contribution in [0.4, 0.5) is 0 Å². The van der Waals surface area contributed by atoms with Crippen LogP contribution in [0.3, 0.4) is 0 Å². The summed E-state index contributed by atoms with van der Waals surface area (Å²) < 4.78 is 5.74. The highest BCUT2D eigenvalue weighted by Gasteiger charge is 2.13. The van der Waals surface area contributed by atoms with E-state index in [4.69, 9.17) is 4.74 Å². The van der Waals surface area contributed by atoms with E-state index in [1.54, 1.807) is 5.57 Å². The predicted octanol–water partition coefficient (Wildman–Crippen LogP) is 5.50. The summed E-state index contributed by atoms with van der Waals surface area (Å²) in [5.74, 6) is 0.962. The maximum atomic E-state index is 5.74. The average Bonchev–Trinajstić information content (AvgIpc) is 2.33. The fourth-order valence-electron chi connectivity index (χ4n) is 2.62. The number of rotatable bonds is 7. The topological polar surface area (TPSA) is 9.23 Å². The second-order valence-electron chi connectivity index (χ2n) is 6.67. The Morgan fingerprint density at radius 1 is 1.22 bits per heavy atom. The van der Waals surface area contributed by atoms with Crippen molar-refractivity contribution in [3.8, 4) is 0 Å². The lowest BCUT2D eigenvalue weighted by Gasteiger charge is -2.22. The van der Waals surface area contributed by atoms with E-state index in [1.807, 2.05) is 0 Å². The third-order valence-corrected chi connectivity index (χ3v) is 3.86. The van der Waals surface area contributed by atoms with Crippen molar-refractivity contribution in [2.75, 3.05) is 6.61 Å². The standard InChI is InChI=1S/C17H32O/c1-5-15-10-12-16(13-11-15)9-7-6-8-14-18-17(2,3)4/h10,16H,5-9,11-14H2,1-4H3. The molecule has 0 N–H and O–H groups in total. The maximum absolute atomic E-state index is 5.74. The van der Waals surface area contributed by atoms with Crippen molar-refractivity contribution in [2.24, 2.45) is 5.92 Å². The van der Waals surface area contributed by atoms with E-state index in [0.29, 0.717) is 0 Å². The van der Waals surface area contributed by atoms with E-state index < -0.39 is 0 Å². The summed E-state index contributed by atoms with van der Waals surface area (Å²) in [4.78, 5) is 0. The average molecular weight is 252 g/mol. The Balaban J connectivity index is 1.98. The number of unbranched alkanes of at least 4 members (excludes halogenated alkanes) is 2. The smallest absolute Gasteiger partial charge is 0.0598 e. The molecule has 18 heavy (non-hydrogen) atoms. The Morgan fingerprint density at radius 3 is 2.56 bits per heavy atom. The van der Waals surface area contributed by atoms with Crippen LogP contribution in [0.2, 0.25) is 0 Å². The van der Waals surface area contributed by atoms with E-state index in [0.717, 1.165) is 12.5 Å². The zero-order chi connectivity index (χ0) is 13.4. The molecule has 106 valence electrons. The zero-order valence-corrected chi connectivity index (χ0v) is 12.9. The van der Waals surface area contributed by atoms with Crippen molar-refractivity contribution in [3.05, 3.63) is 11.6 Å². The van der Waals surface area contributed by atoms with Gasteiger partial charge in [0.25, 0.3) is 0 Å². The molecule has 0 amide bonds. The Labute approximate surface area is 114 Å². The van der Waals surface area contributed by atoms with Crippen LogP contribution in [0, 0.1) is 5.92 Å². The summed E-state index contributed by atoms with van der Waals surface area (Å²) in [6.07, 6.45) is 13.2. The summed E-state index contributed by atoms with van der Waals surface area (Å²) in [5.41, 5.74) is 1.72. The molecular formula is C17H32O. The van der Waals surface area contributed by atoms with Gasteiger partial charge in [0, 0.05) is 6.61 Å². The minimum atomic E-state index is 0.0325. The molecule has 0 aliphatic heterocycles. The molecule has 1 nitrogen and oxygen atoms in total. The minimum absolute atomic E-state index is 0.0325. The third kappa shape index (κ3) is 7.20. The first-order valence-electron chi connectivity index (χ1n) is 7.83. The van der Waals surface area contributed by atoms with Gasteiger partial charge in [-0.3, -0.25) is 0 Å². The van der Waals surface area contributed by atoms with Gasteiger partial charge in [0.15, 0.2) is 0 Å². The van der Waals surface area contributed by atoms with E-state index in [2.05, 4.69) is 33.8 Å². The van der Waals surface area contributed by atoms with Crippen molar-refractivity contribution >= 4 is 0 Å². The molecule has 0 spiro atoms. The Bertz CT molecular complexity index is 247. The van der Waals surface area contributed by atoms with E-state index >= 15 is 0 Å². The summed E-state index contributed by atoms with van der Waals surface area (Å²) >= 11 is 0. The molecule has 0 aromatic carbocycles. The van der Waals surface area contributed by atoms with Gasteiger partial charge in [-0.15, -0.1) is 0 Å². The fraction of sp³-hybridized carbons (Fsp3) is 0.882. The van der Waals surface area contributed by atoms with Crippen LogP contribution in [-0.2, 0) is 4.74 Å². The first-order valence-corrected chi connectivity index (χ1v) is 7.83. The summed E-state index contributed by atoms with van der Waals surface area (Å²) in [6, 6.07) is 0. The zero-order valence-electron chi connectivity index (χ0n) is 12.9. The molecule has 0 aromatic rings. The van der Waals surface area contributed by atoms with E-state index in [-0.39, 0.29) is 5.60 Å². The van der Waals surface area contributed by atoms with Crippen LogP contribution in [0.15, 0.2) is 11.6 Å². The van der Waals surface area contributed by atoms with E-state index in [1.165, 1.54) is 51.4 Å². The number of allylic oxidation sites excluding steroid dienone is 2. The van der Waals surface area contributed by atoms with Gasteiger partial charge in [-0.25, -0.2) is 0 Å². The molecule has 1 aliphatic carbocycles. The normalized spacial score (nSPS) is 20.9. The Morgan fingerprint density at radius 2 is 2.00 bits per heavy atom. The van der Waals surface area contributed by atoms with Crippen molar-refractivity contribution < 1.29 is 4.74 Å². The number of hydrogen-bond acceptors (Lipinski definition) is 1. The fourth-order valence-corrected chi connectivity index (χ4v) is 2.62. The molecule has 1 aliphatic rings. The molecule has 0 fully saturated rings. The van der Waals surface area contributed by atoms with Gasteiger partial charge in [-0.1, -0.05) is 37.8 Å². The Hall–Kier alpha value is -0.300. The molecule has 0 heterocycles. The van der Waals surface area contributed by atoms with Gasteiger partial charge >= 0.3 is 0 Å². The lowest BCUT2D eigenvalue weighted by molar-refractivity contribution is -0.00483. The monoisotopic (exact) mass is 252 g/mol. The first-order chi connectivity index (χ1) is 8.51. The van der Waals surface area contributed by atoms with Crippen LogP contribution < -0.4 is 0 Å². The molecular weight excluding hydrogens is 220 g/mol. The largest absolute Gasteiger partial charge is 0.376 e. The van der Waals surface area contributed by atoms with Crippen molar-refractivity contribution in [2.45, 2.75) is 84.7 Å². The summed E-state index contributed by atoms with van der Waals surface area (Å²) in [6.45, 7) is 9.60. The van der Waals surface area contributed by atoms with Gasteiger partial charge in [0.2, 0.25) is 0 Å². The van der Waals surface area contributed by atoms with Crippen molar-refractivity contribution in [1.29, 1.82) is 0 Å². The Kier molecular flexibility index (Phi) is 6.99. The molecule has 0 bridgehead atoms. The molecule has 0 saturated heterocycles. The van der Waals surface area contributed by atoms with Crippen LogP contribution in [0.1, 0.15) is 79.1 Å². The lowest BCUT2D eigenvalue weighted by Crippen LogP contribution is -2.19. The molecule has 0 saturated carbocycles. The second-order valence-corrected chi connectivity index (χ2v) is 6.67. The summed E-state index contributed by atoms with van der Waals surface area (Å²) in [5, 5.41) is 0. The molecule has 1 atom stereocenters. The highest BCUT2D eigenvalue weighted by molar-refractivity contribution is 5.05. The first kappa shape index (κ1) is 15.8. The molecule has 0 radical (unpaired) electrons. The van der Waals surface area contributed by atoms with Gasteiger partial charge in [0.1, 0.15) is 0 Å². The van der Waals surface area contributed by atoms with Crippen LogP contribution in [0.25, 0.3) is 0 Å². The van der Waals surface area contributed by atoms with Gasteiger partial charge < -0.3 is 4.74 Å². The quantitative estimate of drug-likeness (QED) is 0.429. The molecule has 1 heteroatoms. The third-order valence-electron chi connectivity index (χ3n) is 3.86. The van der Waals surface area contributed by atoms with Crippen LogP contribution in [0.5, 0.6) is 0 Å². The molecule has 0 aromatic heterocycles. The van der Waals surface area contributed by atoms with Gasteiger partial charge in [0.05, 0.1) is 5.60 Å². The second kappa shape index (κ2) is 7.99. The van der Waals surface area contributed by atoms with E-state index in [9.17, 15) is 0 Å². The van der Waals surface area contributed by atoms with Crippen molar-refractivity contribution in [1.82, 2.24) is 0 Å². The molecule has 1 unspecified atom stereocenters. The highest BCUT2D eigenvalue weighted by atomic mass is 16.5. The van der Waals surface area contributed by atoms with Gasteiger partial charge in [-0.05, 0) is 58.8 Å². The van der Waals surface area contributed by atoms with Crippen LogP contribution in [-0.4, -0.2) is 12.2 Å². The van der Waals surface area contributed by atoms with Gasteiger partial charge in [-0.2, -0.15) is 0 Å². The SMILES string of the molecule is CCC1=CCC(CCCCCOC(C)(C)C)CC1. The molecule has 1 rings (SSSR count). The number of ether oxygens (including phenoxy) is 1. The lowest BCUT2D eigenvalue weighted by atomic mass is 9.85. The number of hydrogen-bond donors (Lipinski definition) is 0. The van der Waals surface area contributed by atoms with Crippen molar-refractivity contribution in [3.63, 3.8) is 0 Å². The highest BCUT2D eigenvalue weighted by Crippen LogP contribution is 2.28. The predicted molar refractivity (Wildman–Crippen MR) is 79.9 cm³/mol. The van der Waals surface area contributed by atoms with Crippen LogP contribution >= 0.6 is 0 Å². The minimum Gasteiger partial charge on any atom is -0.376 e.